The molecule has 0 saturated carbocycles. The summed E-state index contributed by atoms with van der Waals surface area (Å²) in [6, 6.07) is 6.19. The van der Waals surface area contributed by atoms with Gasteiger partial charge in [-0.25, -0.2) is 4.79 Å². The second kappa shape index (κ2) is 8.01. The molecule has 1 aromatic rings. The van der Waals surface area contributed by atoms with Crippen LogP contribution in [-0.2, 0) is 0 Å². The SMILES string of the molecule is O=C(O)c1ccccc1OCCNCCSC(F)(F)F. The number of hydrogen-bond donors (Lipinski definition) is 2. The van der Waals surface area contributed by atoms with Crippen molar-refractivity contribution >= 4 is 17.7 Å². The Balaban J connectivity index is 2.20. The summed E-state index contributed by atoms with van der Waals surface area (Å²) in [7, 11) is 0. The molecule has 1 rings (SSSR count). The smallest absolute Gasteiger partial charge is 0.441 e. The fraction of sp³-hybridized carbons (Fsp3) is 0.417. The first kappa shape index (κ1) is 16.6. The molecular formula is C12H14F3NO3S. The van der Waals surface area contributed by atoms with Gasteiger partial charge in [-0.15, -0.1) is 0 Å². The molecule has 8 heteroatoms. The van der Waals surface area contributed by atoms with E-state index in [1.54, 1.807) is 12.1 Å². The fourth-order valence-electron chi connectivity index (χ4n) is 1.37. The van der Waals surface area contributed by atoms with Crippen LogP contribution in [-0.4, -0.2) is 42.0 Å². The number of carboxylic acid groups (broad SMARTS) is 1. The van der Waals surface area contributed by atoms with Crippen LogP contribution in [0.4, 0.5) is 13.2 Å². The van der Waals surface area contributed by atoms with Gasteiger partial charge in [-0.1, -0.05) is 12.1 Å². The molecule has 0 fully saturated rings. The number of nitrogens with one attached hydrogen (secondary N) is 1. The van der Waals surface area contributed by atoms with Gasteiger partial charge in [0.15, 0.2) is 0 Å². The summed E-state index contributed by atoms with van der Waals surface area (Å²) in [5.74, 6) is -0.920. The van der Waals surface area contributed by atoms with E-state index >= 15 is 0 Å². The van der Waals surface area contributed by atoms with Crippen molar-refractivity contribution in [3.05, 3.63) is 29.8 Å². The molecule has 0 radical (unpaired) electrons. The Morgan fingerprint density at radius 1 is 1.30 bits per heavy atom. The minimum atomic E-state index is -4.21. The van der Waals surface area contributed by atoms with E-state index in [2.05, 4.69) is 5.32 Å². The highest BCUT2D eigenvalue weighted by Crippen LogP contribution is 2.29. The number of aromatic carboxylic acids is 1. The van der Waals surface area contributed by atoms with Crippen molar-refractivity contribution in [2.24, 2.45) is 0 Å². The van der Waals surface area contributed by atoms with Gasteiger partial charge in [0.1, 0.15) is 17.9 Å². The quantitative estimate of drug-likeness (QED) is 0.723. The van der Waals surface area contributed by atoms with E-state index < -0.39 is 11.5 Å². The van der Waals surface area contributed by atoms with Gasteiger partial charge in [0.05, 0.1) is 0 Å². The number of halogens is 3. The van der Waals surface area contributed by atoms with Crippen LogP contribution in [0, 0.1) is 0 Å². The number of alkyl halides is 3. The summed E-state index contributed by atoms with van der Waals surface area (Å²) in [4.78, 5) is 10.9. The molecular weight excluding hydrogens is 295 g/mol. The molecule has 4 nitrogen and oxygen atoms in total. The molecule has 0 amide bonds. The van der Waals surface area contributed by atoms with Crippen LogP contribution >= 0.6 is 11.8 Å². The number of benzene rings is 1. The van der Waals surface area contributed by atoms with Crippen molar-refractivity contribution in [2.75, 3.05) is 25.4 Å². The number of para-hydroxylation sites is 1. The van der Waals surface area contributed by atoms with Gasteiger partial charge in [-0.05, 0) is 23.9 Å². The lowest BCUT2D eigenvalue weighted by Crippen LogP contribution is -2.24. The Bertz CT molecular complexity index is 440. The van der Waals surface area contributed by atoms with Crippen LogP contribution < -0.4 is 10.1 Å². The first-order valence-electron chi connectivity index (χ1n) is 5.76. The van der Waals surface area contributed by atoms with E-state index in [4.69, 9.17) is 9.84 Å². The van der Waals surface area contributed by atoms with Crippen LogP contribution in [0.2, 0.25) is 0 Å². The maximum Gasteiger partial charge on any atom is 0.441 e. The standard InChI is InChI=1S/C12H14F3NO3S/c13-12(14,15)20-8-6-16-5-7-19-10-4-2-1-3-9(10)11(17)18/h1-4,16H,5-8H2,(H,17,18). The van der Waals surface area contributed by atoms with E-state index in [9.17, 15) is 18.0 Å². The molecule has 112 valence electrons. The zero-order valence-corrected chi connectivity index (χ0v) is 11.3. The number of ether oxygens (including phenoxy) is 1. The highest BCUT2D eigenvalue weighted by atomic mass is 32.2. The lowest BCUT2D eigenvalue weighted by molar-refractivity contribution is -0.0327. The zero-order chi connectivity index (χ0) is 15.0. The molecule has 0 unspecified atom stereocenters. The largest absolute Gasteiger partial charge is 0.491 e. The lowest BCUT2D eigenvalue weighted by Gasteiger charge is -2.10. The molecule has 0 saturated heterocycles. The first-order chi connectivity index (χ1) is 9.40. The van der Waals surface area contributed by atoms with Crippen molar-refractivity contribution < 1.29 is 27.8 Å². The van der Waals surface area contributed by atoms with Crippen molar-refractivity contribution in [3.8, 4) is 5.75 Å². The molecule has 0 aromatic heterocycles. The second-order valence-corrected chi connectivity index (χ2v) is 4.85. The van der Waals surface area contributed by atoms with Crippen molar-refractivity contribution in [3.63, 3.8) is 0 Å². The minimum absolute atomic E-state index is 0.0557. The summed E-state index contributed by atoms with van der Waals surface area (Å²) < 4.78 is 40.8. The summed E-state index contributed by atoms with van der Waals surface area (Å²) >= 11 is -0.0867. The lowest BCUT2D eigenvalue weighted by atomic mass is 10.2. The number of rotatable bonds is 8. The maximum atomic E-state index is 11.8. The average molecular weight is 309 g/mol. The predicted molar refractivity (Wildman–Crippen MR) is 70.3 cm³/mol. The maximum absolute atomic E-state index is 11.8. The van der Waals surface area contributed by atoms with Crippen LogP contribution in [0.15, 0.2) is 24.3 Å². The van der Waals surface area contributed by atoms with Crippen LogP contribution in [0.25, 0.3) is 0 Å². The summed E-state index contributed by atoms with van der Waals surface area (Å²) in [6.07, 6.45) is 0. The van der Waals surface area contributed by atoms with Gasteiger partial charge in [0.25, 0.3) is 0 Å². The van der Waals surface area contributed by atoms with Crippen molar-refractivity contribution in [1.29, 1.82) is 0 Å². The Labute approximate surface area is 118 Å². The monoisotopic (exact) mass is 309 g/mol. The Kier molecular flexibility index (Phi) is 6.66. The fourth-order valence-corrected chi connectivity index (χ4v) is 1.84. The average Bonchev–Trinajstić information content (AvgIpc) is 2.36. The molecule has 0 spiro atoms. The minimum Gasteiger partial charge on any atom is -0.491 e. The normalized spacial score (nSPS) is 11.3. The van der Waals surface area contributed by atoms with Crippen LogP contribution in [0.3, 0.4) is 0 Å². The van der Waals surface area contributed by atoms with E-state index in [0.29, 0.717) is 6.54 Å². The number of thioether (sulfide) groups is 1. The van der Waals surface area contributed by atoms with E-state index in [0.717, 1.165) is 0 Å². The van der Waals surface area contributed by atoms with Crippen LogP contribution in [0.5, 0.6) is 5.75 Å². The van der Waals surface area contributed by atoms with Crippen molar-refractivity contribution in [1.82, 2.24) is 5.32 Å². The topological polar surface area (TPSA) is 58.6 Å². The Morgan fingerprint density at radius 2 is 2.00 bits per heavy atom. The van der Waals surface area contributed by atoms with Gasteiger partial charge in [-0.3, -0.25) is 0 Å². The van der Waals surface area contributed by atoms with Crippen molar-refractivity contribution in [2.45, 2.75) is 5.51 Å². The number of carbonyl (C=O) groups is 1. The first-order valence-corrected chi connectivity index (χ1v) is 6.75. The molecule has 0 aliphatic carbocycles. The highest BCUT2D eigenvalue weighted by molar-refractivity contribution is 8.00. The van der Waals surface area contributed by atoms with Gasteiger partial charge >= 0.3 is 11.5 Å². The zero-order valence-electron chi connectivity index (χ0n) is 10.4. The predicted octanol–water partition coefficient (Wildman–Crippen LogP) is 2.61. The molecule has 0 bridgehead atoms. The van der Waals surface area contributed by atoms with Crippen LogP contribution in [0.1, 0.15) is 10.4 Å². The molecule has 20 heavy (non-hydrogen) atoms. The van der Waals surface area contributed by atoms with Gasteiger partial charge in [-0.2, -0.15) is 13.2 Å². The molecule has 0 aliphatic heterocycles. The van der Waals surface area contributed by atoms with Gasteiger partial charge in [0, 0.05) is 18.8 Å². The van der Waals surface area contributed by atoms with E-state index in [1.165, 1.54) is 12.1 Å². The Morgan fingerprint density at radius 3 is 2.65 bits per heavy atom. The summed E-state index contributed by atoms with van der Waals surface area (Å²) in [6.45, 7) is 0.724. The molecule has 0 atom stereocenters. The third-order valence-corrected chi connectivity index (χ3v) is 2.93. The Hall–Kier alpha value is -1.41. The highest BCUT2D eigenvalue weighted by Gasteiger charge is 2.27. The number of hydrogen-bond acceptors (Lipinski definition) is 4. The summed E-state index contributed by atoms with van der Waals surface area (Å²) in [5.41, 5.74) is -4.15. The molecule has 0 heterocycles. The second-order valence-electron chi connectivity index (χ2n) is 3.69. The molecule has 1 aromatic carbocycles. The third-order valence-electron chi connectivity index (χ3n) is 2.20. The van der Waals surface area contributed by atoms with Gasteiger partial charge in [0.2, 0.25) is 0 Å². The van der Waals surface area contributed by atoms with E-state index in [-0.39, 0.29) is 42.0 Å². The number of carboxylic acids is 1. The third kappa shape index (κ3) is 6.67. The van der Waals surface area contributed by atoms with E-state index in [1.807, 2.05) is 0 Å². The summed E-state index contributed by atoms with van der Waals surface area (Å²) in [5, 5.41) is 11.7. The van der Waals surface area contributed by atoms with Gasteiger partial charge < -0.3 is 15.2 Å². The molecule has 0 aliphatic rings. The molecule has 2 N–H and O–H groups in total.